The lowest BCUT2D eigenvalue weighted by Crippen LogP contribution is -2.66. The van der Waals surface area contributed by atoms with Gasteiger partial charge in [0.1, 0.15) is 35.5 Å². The van der Waals surface area contributed by atoms with Crippen LogP contribution in [0.3, 0.4) is 0 Å². The molecule has 1 aromatic heterocycles. The number of aromatic hydroxyl groups is 1. The molecule has 2 aromatic carbocycles. The van der Waals surface area contributed by atoms with Crippen LogP contribution in [0.1, 0.15) is 50.2 Å². The minimum atomic E-state index is -1.74. The molecular formula is C41H51N9O12. The maximum atomic E-state index is 14.3. The van der Waals surface area contributed by atoms with Crippen molar-refractivity contribution in [2.24, 2.45) is 11.5 Å². The molecule has 0 saturated carbocycles. The number of phenolic OH excluding ortho intramolecular Hbond substituents is 1. The first-order chi connectivity index (χ1) is 29.3. The number of carbonyl (C=O) groups excluding carboxylic acids is 8. The quantitative estimate of drug-likeness (QED) is 0.0562. The van der Waals surface area contributed by atoms with Gasteiger partial charge in [-0.15, -0.1) is 0 Å². The predicted octanol–water partition coefficient (Wildman–Crippen LogP) is -1.97. The number of hydrogen-bond donors (Lipinski definition) is 9. The van der Waals surface area contributed by atoms with Crippen molar-refractivity contribution in [3.63, 3.8) is 0 Å². The number of aromatic nitrogens is 1. The Balaban J connectivity index is 1.57. The molecule has 0 spiro atoms. The molecule has 8 amide bonds. The van der Waals surface area contributed by atoms with E-state index in [1.807, 2.05) is 0 Å². The van der Waals surface area contributed by atoms with Crippen molar-refractivity contribution < 1.29 is 58.1 Å². The Labute approximate surface area is 355 Å². The number of ether oxygens (including phenoxy) is 1. The van der Waals surface area contributed by atoms with Gasteiger partial charge < -0.3 is 57.9 Å². The van der Waals surface area contributed by atoms with Crippen molar-refractivity contribution in [1.29, 1.82) is 0 Å². The van der Waals surface area contributed by atoms with E-state index < -0.39 is 109 Å². The average molecular weight is 862 g/mol. The van der Waals surface area contributed by atoms with Gasteiger partial charge in [0.25, 0.3) is 0 Å². The molecule has 21 heteroatoms. The number of aliphatic carboxylic acids is 1. The van der Waals surface area contributed by atoms with E-state index in [-0.39, 0.29) is 44.6 Å². The van der Waals surface area contributed by atoms with E-state index in [1.165, 1.54) is 32.4 Å². The van der Waals surface area contributed by atoms with E-state index in [2.05, 4.69) is 31.6 Å². The normalized spacial score (nSPS) is 15.1. The summed E-state index contributed by atoms with van der Waals surface area (Å²) in [5.74, 6) is -8.23. The Morgan fingerprint density at radius 1 is 0.790 bits per heavy atom. The van der Waals surface area contributed by atoms with Crippen molar-refractivity contribution in [3.8, 4) is 5.75 Å². The highest BCUT2D eigenvalue weighted by atomic mass is 16.5. The lowest BCUT2D eigenvalue weighted by atomic mass is 9.87. The molecule has 332 valence electrons. The number of carboxylic acid groups (broad SMARTS) is 1. The summed E-state index contributed by atoms with van der Waals surface area (Å²) in [7, 11) is 1.28. The molecule has 0 unspecified atom stereocenters. The molecule has 0 radical (unpaired) electrons. The molecule has 1 aliphatic rings. The summed E-state index contributed by atoms with van der Waals surface area (Å²) < 4.78 is 5.48. The summed E-state index contributed by atoms with van der Waals surface area (Å²) in [6, 6.07) is 7.28. The van der Waals surface area contributed by atoms with Gasteiger partial charge in [0.2, 0.25) is 47.3 Å². The molecule has 0 aliphatic carbocycles. The number of hydrogen-bond acceptors (Lipinski definition) is 12. The van der Waals surface area contributed by atoms with Gasteiger partial charge in [0.05, 0.1) is 13.0 Å². The molecule has 21 nitrogen and oxygen atoms in total. The lowest BCUT2D eigenvalue weighted by molar-refractivity contribution is -0.142. The summed E-state index contributed by atoms with van der Waals surface area (Å²) >= 11 is 0. The third-order valence-corrected chi connectivity index (χ3v) is 10.0. The van der Waals surface area contributed by atoms with Gasteiger partial charge in [-0.1, -0.05) is 30.3 Å². The van der Waals surface area contributed by atoms with Crippen LogP contribution in [0.25, 0.3) is 10.8 Å². The molecule has 4 atom stereocenters. The fourth-order valence-electron chi connectivity index (χ4n) is 6.87. The number of nitrogens with one attached hydrogen (secondary N) is 5. The number of nitrogens with zero attached hydrogens (tertiary/aromatic N) is 2. The molecular weight excluding hydrogens is 811 g/mol. The number of nitrogens with two attached hydrogens (primary N) is 2. The van der Waals surface area contributed by atoms with E-state index in [4.69, 9.17) is 16.2 Å². The second-order valence-corrected chi connectivity index (χ2v) is 15.0. The van der Waals surface area contributed by atoms with Crippen molar-refractivity contribution >= 4 is 64.0 Å². The Morgan fingerprint density at radius 2 is 1.44 bits per heavy atom. The van der Waals surface area contributed by atoms with Crippen LogP contribution >= 0.6 is 0 Å². The second kappa shape index (κ2) is 21.9. The minimum absolute atomic E-state index is 0.000487. The van der Waals surface area contributed by atoms with Crippen LogP contribution in [0, 0.1) is 0 Å². The maximum absolute atomic E-state index is 14.3. The van der Waals surface area contributed by atoms with Crippen LogP contribution in [0.4, 0.5) is 0 Å². The number of likely N-dealkylation sites (N-methyl/N-ethyl adjacent to an activating group) is 1. The van der Waals surface area contributed by atoms with Gasteiger partial charge in [0, 0.05) is 71.7 Å². The number of phenols is 1. The summed E-state index contributed by atoms with van der Waals surface area (Å²) in [4.78, 5) is 122. The molecule has 3 aromatic rings. The van der Waals surface area contributed by atoms with Gasteiger partial charge in [-0.2, -0.15) is 0 Å². The summed E-state index contributed by atoms with van der Waals surface area (Å²) in [5, 5.41) is 33.6. The largest absolute Gasteiger partial charge is 0.508 e. The monoisotopic (exact) mass is 861 g/mol. The van der Waals surface area contributed by atoms with Crippen molar-refractivity contribution in [2.45, 2.75) is 81.6 Å². The molecule has 1 saturated heterocycles. The SMILES string of the molecule is CC(=O)N[C@@H](Cc1ccc2cc(O)ccc2c1)C(=O)NC1(C(=O)N[C@@H](CCC(=O)O)C(=O)N[C@@H](CC(N)=O)C(=O)N[C@@H](Cc2cccnc2)C(=O)N(C)CC(N)=O)CCOCC1. The zero-order chi connectivity index (χ0) is 45.6. The fourth-order valence-corrected chi connectivity index (χ4v) is 6.87. The topological polar surface area (TPSA) is 332 Å². The van der Waals surface area contributed by atoms with Crippen LogP contribution in [0.15, 0.2) is 60.9 Å². The Bertz CT molecular complexity index is 2160. The Hall–Kier alpha value is -7.16. The number of pyridine rings is 1. The van der Waals surface area contributed by atoms with Gasteiger partial charge in [-0.25, -0.2) is 0 Å². The van der Waals surface area contributed by atoms with Gasteiger partial charge in [-0.05, 0) is 46.5 Å². The fraction of sp³-hybridized carbons (Fsp3) is 0.415. The van der Waals surface area contributed by atoms with E-state index in [9.17, 15) is 53.4 Å². The van der Waals surface area contributed by atoms with E-state index in [0.717, 1.165) is 15.7 Å². The third kappa shape index (κ3) is 14.0. The molecule has 1 fully saturated rings. The Kier molecular flexibility index (Phi) is 16.8. The van der Waals surface area contributed by atoms with Gasteiger partial charge in [-0.3, -0.25) is 48.1 Å². The van der Waals surface area contributed by atoms with E-state index in [1.54, 1.807) is 42.5 Å². The average Bonchev–Trinajstić information content (AvgIpc) is 3.21. The zero-order valence-corrected chi connectivity index (χ0v) is 34.2. The first-order valence-electron chi connectivity index (χ1n) is 19.6. The first-order valence-corrected chi connectivity index (χ1v) is 19.6. The maximum Gasteiger partial charge on any atom is 0.303 e. The Morgan fingerprint density at radius 3 is 2.06 bits per heavy atom. The molecule has 1 aliphatic heterocycles. The van der Waals surface area contributed by atoms with Crippen LogP contribution < -0.4 is 38.1 Å². The number of rotatable bonds is 21. The highest BCUT2D eigenvalue weighted by Gasteiger charge is 2.44. The minimum Gasteiger partial charge on any atom is -0.508 e. The van der Waals surface area contributed by atoms with E-state index in [0.29, 0.717) is 11.1 Å². The van der Waals surface area contributed by atoms with Gasteiger partial charge >= 0.3 is 5.97 Å². The molecule has 4 rings (SSSR count). The van der Waals surface area contributed by atoms with Crippen LogP contribution in [-0.2, 0) is 60.7 Å². The second-order valence-electron chi connectivity index (χ2n) is 15.0. The van der Waals surface area contributed by atoms with Gasteiger partial charge in [0.15, 0.2) is 0 Å². The number of primary amides is 2. The molecule has 2 heterocycles. The smallest absolute Gasteiger partial charge is 0.303 e. The number of carbonyl (C=O) groups is 9. The van der Waals surface area contributed by atoms with Crippen LogP contribution in [0.2, 0.25) is 0 Å². The van der Waals surface area contributed by atoms with E-state index >= 15 is 0 Å². The third-order valence-electron chi connectivity index (χ3n) is 10.0. The van der Waals surface area contributed by atoms with Crippen LogP contribution in [0.5, 0.6) is 5.75 Å². The summed E-state index contributed by atoms with van der Waals surface area (Å²) in [5.41, 5.74) is 10.1. The highest BCUT2D eigenvalue weighted by Crippen LogP contribution is 2.24. The number of amides is 8. The summed E-state index contributed by atoms with van der Waals surface area (Å²) in [6.45, 7) is 0.718. The van der Waals surface area contributed by atoms with Crippen molar-refractivity contribution in [1.82, 2.24) is 36.5 Å². The standard InChI is InChI=1S/C41H51N9O12/c1-23(51)45-30(17-24-5-6-27-19-28(52)8-7-26(27)16-24)38(59)49-41(11-14-62-15-12-41)40(61)48-29(9-10-35(55)56)36(57)46-31(20-33(42)53)37(58)47-32(18-25-4-3-13-44-21-25)39(60)50(2)22-34(43)54/h3-8,13,16,19,21,29-32,52H,9-12,14-15,17-18,20,22H2,1-2H3,(H2,42,53)(H2,43,54)(H,45,51)(H,46,57)(H,47,58)(H,48,61)(H,49,59)(H,55,56)/t29-,30-,31-,32-/m0/s1. The van der Waals surface area contributed by atoms with Crippen molar-refractivity contribution in [3.05, 3.63) is 72.1 Å². The molecule has 62 heavy (non-hydrogen) atoms. The zero-order valence-electron chi connectivity index (χ0n) is 34.2. The van der Waals surface area contributed by atoms with Crippen LogP contribution in [-0.4, -0.2) is 130 Å². The number of carboxylic acids is 1. The lowest BCUT2D eigenvalue weighted by Gasteiger charge is -2.38. The first kappa shape index (κ1) is 47.5. The molecule has 0 bridgehead atoms. The van der Waals surface area contributed by atoms with Crippen molar-refractivity contribution in [2.75, 3.05) is 26.8 Å². The molecule has 11 N–H and O–H groups in total. The predicted molar refractivity (Wildman–Crippen MR) is 219 cm³/mol. The number of benzene rings is 2. The highest BCUT2D eigenvalue weighted by molar-refractivity contribution is 5.99. The summed E-state index contributed by atoms with van der Waals surface area (Å²) in [6.07, 6.45) is 0.668. The number of fused-ring (bicyclic) bond motifs is 1.